The smallest absolute Gasteiger partial charge is 0.00209 e. The fraction of sp³-hybridized carbons (Fsp3) is 0.333. The summed E-state index contributed by atoms with van der Waals surface area (Å²) < 4.78 is 0. The van der Waals surface area contributed by atoms with Crippen molar-refractivity contribution in [3.63, 3.8) is 0 Å². The van der Waals surface area contributed by atoms with Crippen LogP contribution in [0.4, 0.5) is 0 Å². The van der Waals surface area contributed by atoms with Gasteiger partial charge < -0.3 is 0 Å². The molecule has 0 saturated heterocycles. The average molecular weight is 278 g/mol. The van der Waals surface area contributed by atoms with Crippen LogP contribution >= 0.6 is 0 Å². The van der Waals surface area contributed by atoms with Gasteiger partial charge in [-0.15, -0.1) is 0 Å². The van der Waals surface area contributed by atoms with Gasteiger partial charge in [-0.2, -0.15) is 0 Å². The highest BCUT2D eigenvalue weighted by Gasteiger charge is 2.13. The van der Waals surface area contributed by atoms with Gasteiger partial charge in [0.05, 0.1) is 0 Å². The molecule has 0 heterocycles. The van der Waals surface area contributed by atoms with Crippen molar-refractivity contribution in [2.75, 3.05) is 0 Å². The summed E-state index contributed by atoms with van der Waals surface area (Å²) in [6, 6.07) is 8.70. The SMILES string of the molecule is CCCC=CC(=C(C)C1C=CC=CC1)c1ccccc1C. The van der Waals surface area contributed by atoms with Crippen molar-refractivity contribution < 1.29 is 0 Å². The van der Waals surface area contributed by atoms with Gasteiger partial charge in [0.25, 0.3) is 0 Å². The van der Waals surface area contributed by atoms with Gasteiger partial charge in [-0.25, -0.2) is 0 Å². The fourth-order valence-corrected chi connectivity index (χ4v) is 2.78. The van der Waals surface area contributed by atoms with Gasteiger partial charge in [0, 0.05) is 5.92 Å². The molecule has 0 aromatic heterocycles. The zero-order valence-corrected chi connectivity index (χ0v) is 13.5. The van der Waals surface area contributed by atoms with E-state index >= 15 is 0 Å². The average Bonchev–Trinajstić information content (AvgIpc) is 2.53. The Labute approximate surface area is 129 Å². The third kappa shape index (κ3) is 4.07. The molecule has 21 heavy (non-hydrogen) atoms. The minimum Gasteiger partial charge on any atom is -0.0839 e. The van der Waals surface area contributed by atoms with Crippen molar-refractivity contribution in [1.29, 1.82) is 0 Å². The molecule has 0 bridgehead atoms. The summed E-state index contributed by atoms with van der Waals surface area (Å²) >= 11 is 0. The predicted octanol–water partition coefficient (Wildman–Crippen LogP) is 6.26. The highest BCUT2D eigenvalue weighted by atomic mass is 14.2. The molecule has 1 aromatic carbocycles. The molecule has 0 fully saturated rings. The van der Waals surface area contributed by atoms with Crippen molar-refractivity contribution in [2.45, 2.75) is 40.0 Å². The Morgan fingerprint density at radius 3 is 2.71 bits per heavy atom. The maximum Gasteiger partial charge on any atom is 0.00209 e. The van der Waals surface area contributed by atoms with E-state index < -0.39 is 0 Å². The first-order valence-corrected chi connectivity index (χ1v) is 8.00. The molecule has 0 nitrogen and oxygen atoms in total. The van der Waals surface area contributed by atoms with Crippen LogP contribution in [-0.4, -0.2) is 0 Å². The van der Waals surface area contributed by atoms with Gasteiger partial charge in [0.1, 0.15) is 0 Å². The van der Waals surface area contributed by atoms with Crippen LogP contribution in [0.2, 0.25) is 0 Å². The lowest BCUT2D eigenvalue weighted by molar-refractivity contribution is 0.769. The van der Waals surface area contributed by atoms with E-state index in [9.17, 15) is 0 Å². The molecule has 1 aliphatic rings. The summed E-state index contributed by atoms with van der Waals surface area (Å²) in [5.41, 5.74) is 5.58. The van der Waals surface area contributed by atoms with Crippen LogP contribution in [-0.2, 0) is 0 Å². The van der Waals surface area contributed by atoms with Gasteiger partial charge in [-0.3, -0.25) is 0 Å². The minimum atomic E-state index is 0.524. The summed E-state index contributed by atoms with van der Waals surface area (Å²) in [6.07, 6.45) is 17.0. The second kappa shape index (κ2) is 7.83. The van der Waals surface area contributed by atoms with E-state index in [1.54, 1.807) is 0 Å². The molecule has 0 heteroatoms. The number of aryl methyl sites for hydroxylation is 1. The van der Waals surface area contributed by atoms with E-state index in [4.69, 9.17) is 0 Å². The molecule has 1 aromatic rings. The Bertz CT molecular complexity index is 582. The maximum absolute atomic E-state index is 2.33. The first kappa shape index (κ1) is 15.6. The number of unbranched alkanes of at least 4 members (excludes halogenated alkanes) is 1. The monoisotopic (exact) mass is 278 g/mol. The molecule has 0 spiro atoms. The van der Waals surface area contributed by atoms with Crippen LogP contribution in [0.15, 0.2) is 66.3 Å². The molecule has 110 valence electrons. The molecule has 1 unspecified atom stereocenters. The Morgan fingerprint density at radius 1 is 1.24 bits per heavy atom. The molecule has 1 aliphatic carbocycles. The van der Waals surface area contributed by atoms with Gasteiger partial charge in [-0.05, 0) is 43.4 Å². The van der Waals surface area contributed by atoms with Crippen molar-refractivity contribution >= 4 is 5.57 Å². The first-order valence-electron chi connectivity index (χ1n) is 8.00. The predicted molar refractivity (Wildman–Crippen MR) is 94.2 cm³/mol. The van der Waals surface area contributed by atoms with Crippen LogP contribution in [0.3, 0.4) is 0 Å². The molecule has 0 aliphatic heterocycles. The van der Waals surface area contributed by atoms with E-state index in [-0.39, 0.29) is 0 Å². The summed E-state index contributed by atoms with van der Waals surface area (Å²) in [5.74, 6) is 0.524. The fourth-order valence-electron chi connectivity index (χ4n) is 2.78. The van der Waals surface area contributed by atoms with E-state index in [0.717, 1.165) is 12.8 Å². The Morgan fingerprint density at radius 2 is 2.05 bits per heavy atom. The number of hydrogen-bond acceptors (Lipinski definition) is 0. The molecule has 0 amide bonds. The number of allylic oxidation sites excluding steroid dienone is 8. The molecule has 1 atom stereocenters. The van der Waals surface area contributed by atoms with Gasteiger partial charge in [0.2, 0.25) is 0 Å². The maximum atomic E-state index is 2.33. The number of benzene rings is 1. The van der Waals surface area contributed by atoms with E-state index in [1.165, 1.54) is 28.7 Å². The first-order chi connectivity index (χ1) is 10.2. The molecule has 0 radical (unpaired) electrons. The lowest BCUT2D eigenvalue weighted by atomic mass is 9.86. The van der Waals surface area contributed by atoms with E-state index in [2.05, 4.69) is 81.5 Å². The van der Waals surface area contributed by atoms with Crippen molar-refractivity contribution in [2.24, 2.45) is 5.92 Å². The molecular formula is C21H26. The summed E-state index contributed by atoms with van der Waals surface area (Å²) in [6.45, 7) is 6.71. The summed E-state index contributed by atoms with van der Waals surface area (Å²) in [7, 11) is 0. The van der Waals surface area contributed by atoms with Gasteiger partial charge in [-0.1, -0.05) is 79.6 Å². The molecular weight excluding hydrogens is 252 g/mol. The zero-order chi connectivity index (χ0) is 15.1. The van der Waals surface area contributed by atoms with Gasteiger partial charge >= 0.3 is 0 Å². The lowest BCUT2D eigenvalue weighted by Gasteiger charge is -2.19. The molecule has 2 rings (SSSR count). The third-order valence-electron chi connectivity index (χ3n) is 4.14. The standard InChI is InChI=1S/C21H26/c1-4-5-7-16-21(20-15-11-10-12-17(20)2)18(3)19-13-8-6-9-14-19/h6-13,15-16,19H,4-5,14H2,1-3H3. The van der Waals surface area contributed by atoms with E-state index in [0.29, 0.717) is 5.92 Å². The highest BCUT2D eigenvalue weighted by Crippen LogP contribution is 2.31. The van der Waals surface area contributed by atoms with Gasteiger partial charge in [0.15, 0.2) is 0 Å². The second-order valence-electron chi connectivity index (χ2n) is 5.76. The summed E-state index contributed by atoms with van der Waals surface area (Å²) in [4.78, 5) is 0. The normalized spacial score (nSPS) is 19.1. The van der Waals surface area contributed by atoms with E-state index in [1.807, 2.05) is 0 Å². The quantitative estimate of drug-likeness (QED) is 0.558. The number of hydrogen-bond donors (Lipinski definition) is 0. The lowest BCUT2D eigenvalue weighted by Crippen LogP contribution is -2.02. The topological polar surface area (TPSA) is 0 Å². The summed E-state index contributed by atoms with van der Waals surface area (Å²) in [5, 5.41) is 0. The van der Waals surface area contributed by atoms with Crippen molar-refractivity contribution in [3.05, 3.63) is 77.4 Å². The number of rotatable bonds is 5. The van der Waals surface area contributed by atoms with Crippen LogP contribution in [0.25, 0.3) is 5.57 Å². The zero-order valence-electron chi connectivity index (χ0n) is 13.5. The van der Waals surface area contributed by atoms with Crippen LogP contribution in [0, 0.1) is 12.8 Å². The van der Waals surface area contributed by atoms with Crippen LogP contribution in [0.1, 0.15) is 44.2 Å². The highest BCUT2D eigenvalue weighted by molar-refractivity contribution is 5.78. The van der Waals surface area contributed by atoms with Crippen molar-refractivity contribution in [1.82, 2.24) is 0 Å². The second-order valence-corrected chi connectivity index (χ2v) is 5.76. The molecule has 0 N–H and O–H groups in total. The largest absolute Gasteiger partial charge is 0.0839 e. The Balaban J connectivity index is 2.42. The van der Waals surface area contributed by atoms with Crippen molar-refractivity contribution in [3.8, 4) is 0 Å². The Hall–Kier alpha value is -1.82. The minimum absolute atomic E-state index is 0.524. The van der Waals surface area contributed by atoms with Crippen LogP contribution in [0.5, 0.6) is 0 Å². The van der Waals surface area contributed by atoms with Crippen LogP contribution < -0.4 is 0 Å². The Kier molecular flexibility index (Phi) is 5.80. The molecule has 0 saturated carbocycles. The third-order valence-corrected chi connectivity index (χ3v) is 4.14.